The lowest BCUT2D eigenvalue weighted by Gasteiger charge is -2.31. The van der Waals surface area contributed by atoms with E-state index in [-0.39, 0.29) is 11.6 Å². The fourth-order valence-electron chi connectivity index (χ4n) is 2.76. The van der Waals surface area contributed by atoms with Crippen LogP contribution in [0.5, 0.6) is 0 Å². The van der Waals surface area contributed by atoms with Gasteiger partial charge in [-0.1, -0.05) is 35.2 Å². The van der Waals surface area contributed by atoms with Gasteiger partial charge in [0.2, 0.25) is 0 Å². The van der Waals surface area contributed by atoms with E-state index >= 15 is 0 Å². The summed E-state index contributed by atoms with van der Waals surface area (Å²) in [6, 6.07) is 3.71. The summed E-state index contributed by atoms with van der Waals surface area (Å²) in [6.45, 7) is 0. The Morgan fingerprint density at radius 2 is 1.86 bits per heavy atom. The standard InChI is InChI=1S/C15H17BrF3NO/c1-20(11-5-3-2-4-6-11)14(21)12-8-7-10(16)9-13(12)15(17,18)19/h7-9,11H,2-6H2,1H3. The number of nitrogens with zero attached hydrogens (tertiary/aromatic N) is 1. The molecule has 0 aromatic heterocycles. The Bertz CT molecular complexity index is 524. The van der Waals surface area contributed by atoms with Crippen molar-refractivity contribution in [3.05, 3.63) is 33.8 Å². The highest BCUT2D eigenvalue weighted by Crippen LogP contribution is 2.35. The first-order valence-electron chi connectivity index (χ1n) is 6.94. The number of benzene rings is 1. The minimum absolute atomic E-state index is 0.0379. The van der Waals surface area contributed by atoms with Crippen LogP contribution in [0.15, 0.2) is 22.7 Å². The van der Waals surface area contributed by atoms with Crippen molar-refractivity contribution in [1.29, 1.82) is 0 Å². The number of halogens is 4. The summed E-state index contributed by atoms with van der Waals surface area (Å²) in [7, 11) is 1.60. The topological polar surface area (TPSA) is 20.3 Å². The van der Waals surface area contributed by atoms with Crippen LogP contribution >= 0.6 is 15.9 Å². The fourth-order valence-corrected chi connectivity index (χ4v) is 3.12. The van der Waals surface area contributed by atoms with Crippen molar-refractivity contribution in [3.8, 4) is 0 Å². The zero-order valence-corrected chi connectivity index (χ0v) is 13.3. The molecule has 21 heavy (non-hydrogen) atoms. The van der Waals surface area contributed by atoms with Crippen LogP contribution in [0, 0.1) is 0 Å². The quantitative estimate of drug-likeness (QED) is 0.733. The SMILES string of the molecule is CN(C(=O)c1ccc(Br)cc1C(F)(F)F)C1CCCCC1. The zero-order chi connectivity index (χ0) is 15.6. The second-order valence-corrected chi connectivity index (χ2v) is 6.31. The highest BCUT2D eigenvalue weighted by molar-refractivity contribution is 9.10. The minimum Gasteiger partial charge on any atom is -0.339 e. The summed E-state index contributed by atoms with van der Waals surface area (Å²) >= 11 is 3.03. The van der Waals surface area contributed by atoms with E-state index < -0.39 is 17.6 Å². The lowest BCUT2D eigenvalue weighted by molar-refractivity contribution is -0.138. The highest BCUT2D eigenvalue weighted by Gasteiger charge is 2.36. The van der Waals surface area contributed by atoms with Crippen molar-refractivity contribution < 1.29 is 18.0 Å². The van der Waals surface area contributed by atoms with Gasteiger partial charge in [0.1, 0.15) is 0 Å². The van der Waals surface area contributed by atoms with Crippen molar-refractivity contribution in [2.45, 2.75) is 44.3 Å². The summed E-state index contributed by atoms with van der Waals surface area (Å²) in [6.07, 6.45) is 0.358. The monoisotopic (exact) mass is 363 g/mol. The van der Waals surface area contributed by atoms with Crippen LogP contribution in [-0.4, -0.2) is 23.9 Å². The minimum atomic E-state index is -4.54. The molecule has 2 rings (SSSR count). The third-order valence-corrected chi connectivity index (χ3v) is 4.45. The Hall–Kier alpha value is -1.04. The number of carbonyl (C=O) groups excluding carboxylic acids is 1. The number of rotatable bonds is 2. The fraction of sp³-hybridized carbons (Fsp3) is 0.533. The first-order valence-corrected chi connectivity index (χ1v) is 7.74. The molecule has 0 spiro atoms. The molecule has 1 saturated carbocycles. The molecule has 0 saturated heterocycles. The molecule has 0 N–H and O–H groups in total. The average Bonchev–Trinajstić information content (AvgIpc) is 2.45. The maximum absolute atomic E-state index is 13.1. The molecule has 6 heteroatoms. The van der Waals surface area contributed by atoms with E-state index in [2.05, 4.69) is 15.9 Å². The van der Waals surface area contributed by atoms with Crippen LogP contribution in [0.2, 0.25) is 0 Å². The van der Waals surface area contributed by atoms with Gasteiger partial charge in [0.15, 0.2) is 0 Å². The van der Waals surface area contributed by atoms with Gasteiger partial charge in [-0.05, 0) is 31.0 Å². The van der Waals surface area contributed by atoms with Crippen molar-refractivity contribution in [3.63, 3.8) is 0 Å². The van der Waals surface area contributed by atoms with Gasteiger partial charge in [0.05, 0.1) is 11.1 Å². The highest BCUT2D eigenvalue weighted by atomic mass is 79.9. The van der Waals surface area contributed by atoms with E-state index in [9.17, 15) is 18.0 Å². The number of alkyl halides is 3. The van der Waals surface area contributed by atoms with Gasteiger partial charge in [-0.15, -0.1) is 0 Å². The molecule has 1 amide bonds. The normalized spacial score (nSPS) is 16.8. The van der Waals surface area contributed by atoms with Gasteiger partial charge in [0.25, 0.3) is 5.91 Å². The maximum atomic E-state index is 13.1. The predicted octanol–water partition coefficient (Wildman–Crippen LogP) is 4.87. The van der Waals surface area contributed by atoms with Crippen LogP contribution < -0.4 is 0 Å². The lowest BCUT2D eigenvalue weighted by atomic mass is 9.93. The average molecular weight is 364 g/mol. The molecule has 0 atom stereocenters. The van der Waals surface area contributed by atoms with Crippen LogP contribution in [0.1, 0.15) is 48.0 Å². The van der Waals surface area contributed by atoms with Gasteiger partial charge in [-0.25, -0.2) is 0 Å². The van der Waals surface area contributed by atoms with Gasteiger partial charge in [-0.2, -0.15) is 13.2 Å². The number of carbonyl (C=O) groups is 1. The molecule has 1 aromatic carbocycles. The van der Waals surface area contributed by atoms with E-state index in [4.69, 9.17) is 0 Å². The summed E-state index contributed by atoms with van der Waals surface area (Å²) < 4.78 is 39.6. The van der Waals surface area contributed by atoms with E-state index in [1.807, 2.05) is 0 Å². The van der Waals surface area contributed by atoms with Gasteiger partial charge < -0.3 is 4.90 Å². The van der Waals surface area contributed by atoms with Crippen molar-refractivity contribution in [2.75, 3.05) is 7.05 Å². The van der Waals surface area contributed by atoms with E-state index in [1.54, 1.807) is 7.05 Å². The molecule has 116 valence electrons. The zero-order valence-electron chi connectivity index (χ0n) is 11.7. The molecule has 1 fully saturated rings. The molecule has 1 aromatic rings. The third kappa shape index (κ3) is 3.78. The van der Waals surface area contributed by atoms with Gasteiger partial charge >= 0.3 is 6.18 Å². The molecule has 0 radical (unpaired) electrons. The first-order chi connectivity index (χ1) is 9.80. The van der Waals surface area contributed by atoms with E-state index in [0.29, 0.717) is 4.47 Å². The first kappa shape index (κ1) is 16.3. The van der Waals surface area contributed by atoms with Crippen molar-refractivity contribution in [2.24, 2.45) is 0 Å². The van der Waals surface area contributed by atoms with E-state index in [1.165, 1.54) is 17.0 Å². The maximum Gasteiger partial charge on any atom is 0.417 e. The van der Waals surface area contributed by atoms with E-state index in [0.717, 1.165) is 38.2 Å². The Morgan fingerprint density at radius 3 is 2.43 bits per heavy atom. The molecule has 1 aliphatic carbocycles. The Labute approximate surface area is 130 Å². The summed E-state index contributed by atoms with van der Waals surface area (Å²) in [4.78, 5) is 13.9. The molecule has 1 aliphatic rings. The van der Waals surface area contributed by atoms with Crippen LogP contribution in [0.4, 0.5) is 13.2 Å². The molecular formula is C15H17BrF3NO. The summed E-state index contributed by atoms with van der Waals surface area (Å²) in [5.41, 5.74) is -1.16. The Kier molecular flexibility index (Phi) is 4.96. The Morgan fingerprint density at radius 1 is 1.24 bits per heavy atom. The molecule has 0 heterocycles. The molecule has 0 bridgehead atoms. The molecule has 0 aliphatic heterocycles. The molecular weight excluding hydrogens is 347 g/mol. The smallest absolute Gasteiger partial charge is 0.339 e. The summed E-state index contributed by atoms with van der Waals surface area (Å²) in [5, 5.41) is 0. The number of hydrogen-bond acceptors (Lipinski definition) is 1. The van der Waals surface area contributed by atoms with Crippen molar-refractivity contribution >= 4 is 21.8 Å². The number of hydrogen-bond donors (Lipinski definition) is 0. The van der Waals surface area contributed by atoms with Gasteiger partial charge in [0, 0.05) is 17.6 Å². The van der Waals surface area contributed by atoms with Crippen LogP contribution in [0.25, 0.3) is 0 Å². The van der Waals surface area contributed by atoms with Gasteiger partial charge in [-0.3, -0.25) is 4.79 Å². The van der Waals surface area contributed by atoms with Crippen LogP contribution in [0.3, 0.4) is 0 Å². The van der Waals surface area contributed by atoms with Crippen molar-refractivity contribution in [1.82, 2.24) is 4.90 Å². The molecule has 2 nitrogen and oxygen atoms in total. The molecule has 0 unspecified atom stereocenters. The Balaban J connectivity index is 2.30. The largest absolute Gasteiger partial charge is 0.417 e. The predicted molar refractivity (Wildman–Crippen MR) is 78.1 cm³/mol. The lowest BCUT2D eigenvalue weighted by Crippen LogP contribution is -2.39. The number of amides is 1. The second-order valence-electron chi connectivity index (χ2n) is 5.40. The summed E-state index contributed by atoms with van der Waals surface area (Å²) in [5.74, 6) is -0.554. The third-order valence-electron chi connectivity index (χ3n) is 3.96. The second kappa shape index (κ2) is 6.38. The van der Waals surface area contributed by atoms with Crippen LogP contribution in [-0.2, 0) is 6.18 Å².